The van der Waals surface area contributed by atoms with E-state index in [0.29, 0.717) is 11.7 Å². The van der Waals surface area contributed by atoms with Crippen LogP contribution in [0.3, 0.4) is 0 Å². The van der Waals surface area contributed by atoms with Gasteiger partial charge in [0.15, 0.2) is 0 Å². The molecule has 4 rings (SSSR count). The van der Waals surface area contributed by atoms with Crippen LogP contribution in [0.15, 0.2) is 33.7 Å². The fourth-order valence-electron chi connectivity index (χ4n) is 3.05. The van der Waals surface area contributed by atoms with Crippen LogP contribution in [0, 0.1) is 0 Å². The molecule has 1 unspecified atom stereocenters. The second-order valence-electron chi connectivity index (χ2n) is 5.60. The fraction of sp³-hybridized carbons (Fsp3) is 0.333. The number of aromatic amines is 1. The molecule has 0 amide bonds. The Balaban J connectivity index is 1.90. The Hall–Kier alpha value is -1.86. The van der Waals surface area contributed by atoms with Crippen molar-refractivity contribution >= 4 is 27.4 Å². The molecule has 0 saturated carbocycles. The monoisotopic (exact) mass is 362 g/mol. The predicted octanol–water partition coefficient (Wildman–Crippen LogP) is 2.22. The van der Waals surface area contributed by atoms with Crippen molar-refractivity contribution in [2.45, 2.75) is 18.8 Å². The van der Waals surface area contributed by atoms with Crippen molar-refractivity contribution in [3.63, 3.8) is 0 Å². The van der Waals surface area contributed by atoms with Gasteiger partial charge in [0.25, 0.3) is 11.5 Å². The number of halogens is 1. The molecule has 0 bridgehead atoms. The first kappa shape index (κ1) is 13.8. The zero-order valence-electron chi connectivity index (χ0n) is 12.0. The third-order valence-electron chi connectivity index (χ3n) is 4.22. The number of anilines is 1. The zero-order chi connectivity index (χ0) is 15.1. The number of nitrogens with zero attached hydrogens (tertiary/aromatic N) is 2. The molecule has 1 aliphatic heterocycles. The summed E-state index contributed by atoms with van der Waals surface area (Å²) in [5, 5.41) is 6.59. The van der Waals surface area contributed by atoms with E-state index >= 15 is 0 Å². The maximum Gasteiger partial charge on any atom is 0.294 e. The van der Waals surface area contributed by atoms with E-state index in [4.69, 9.17) is 15.1 Å². The topological polar surface area (TPSA) is 84.0 Å². The first-order valence-electron chi connectivity index (χ1n) is 7.37. The number of piperidine rings is 1. The van der Waals surface area contributed by atoms with Gasteiger partial charge >= 0.3 is 0 Å². The fourth-order valence-corrected chi connectivity index (χ4v) is 3.64. The summed E-state index contributed by atoms with van der Waals surface area (Å²) in [7, 11) is 0. The van der Waals surface area contributed by atoms with Gasteiger partial charge in [0.05, 0.1) is 18.1 Å². The summed E-state index contributed by atoms with van der Waals surface area (Å²) >= 11 is 3.62. The van der Waals surface area contributed by atoms with Crippen LogP contribution in [0.25, 0.3) is 16.8 Å². The Morgan fingerprint density at radius 1 is 1.45 bits per heavy atom. The van der Waals surface area contributed by atoms with E-state index in [2.05, 4.69) is 26.3 Å². The molecule has 114 valence electrons. The number of aromatic nitrogens is 3. The Labute approximate surface area is 135 Å². The Morgan fingerprint density at radius 2 is 2.36 bits per heavy atom. The number of furan rings is 1. The molecule has 0 radical (unpaired) electrons. The lowest BCUT2D eigenvalue weighted by atomic mass is 9.96. The third kappa shape index (κ3) is 2.12. The van der Waals surface area contributed by atoms with Crippen molar-refractivity contribution in [1.29, 1.82) is 0 Å². The Morgan fingerprint density at radius 3 is 3.09 bits per heavy atom. The Bertz CT molecular complexity index is 805. The lowest BCUT2D eigenvalue weighted by Crippen LogP contribution is -2.33. The van der Waals surface area contributed by atoms with Crippen LogP contribution in [0.5, 0.6) is 0 Å². The van der Waals surface area contributed by atoms with Gasteiger partial charge in [-0.2, -0.15) is 0 Å². The summed E-state index contributed by atoms with van der Waals surface area (Å²) in [6.07, 6.45) is 7.56. The molecule has 3 aromatic heterocycles. The number of hydrogen-bond donors (Lipinski definition) is 3. The van der Waals surface area contributed by atoms with Gasteiger partial charge in [-0.3, -0.25) is 5.10 Å². The summed E-state index contributed by atoms with van der Waals surface area (Å²) in [5.41, 5.74) is 10.1. The predicted molar refractivity (Wildman–Crippen MR) is 86.4 cm³/mol. The number of fused-ring (bicyclic) bond motifs is 1. The number of hydrogen-bond acceptors (Lipinski definition) is 4. The molecule has 6 nitrogen and oxygen atoms in total. The van der Waals surface area contributed by atoms with E-state index in [1.54, 1.807) is 17.0 Å². The molecule has 3 aromatic rings. The standard InChI is InChI=1S/C15H16BrN5O/c16-12-13(9-2-1-4-18-6-9)20-15-11(10-3-5-22-8-10)7-19-21(15)14(12)17/h3,5,7-9,18H,1-2,4,6H2,(H2,17,19,20)/p+1. The average Bonchev–Trinajstić information content (AvgIpc) is 3.20. The molecular formula is C15H17BrN5O+. The van der Waals surface area contributed by atoms with E-state index in [1.807, 2.05) is 12.3 Å². The lowest BCUT2D eigenvalue weighted by Gasteiger charge is -2.21. The van der Waals surface area contributed by atoms with Crippen molar-refractivity contribution in [2.75, 3.05) is 18.8 Å². The molecular weight excluding hydrogens is 346 g/mol. The summed E-state index contributed by atoms with van der Waals surface area (Å²) in [5.74, 6) is 1.02. The highest BCUT2D eigenvalue weighted by molar-refractivity contribution is 9.10. The Kier molecular flexibility index (Phi) is 3.38. The summed E-state index contributed by atoms with van der Waals surface area (Å²) in [6, 6.07) is 1.92. The maximum absolute atomic E-state index is 6.29. The minimum absolute atomic E-state index is 0.377. The van der Waals surface area contributed by atoms with Gasteiger partial charge < -0.3 is 15.5 Å². The largest absolute Gasteiger partial charge is 0.472 e. The van der Waals surface area contributed by atoms with Crippen LogP contribution in [0.4, 0.5) is 5.82 Å². The van der Waals surface area contributed by atoms with Gasteiger partial charge in [0.2, 0.25) is 0 Å². The summed E-state index contributed by atoms with van der Waals surface area (Å²) in [6.45, 7) is 2.01. The first-order valence-corrected chi connectivity index (χ1v) is 8.16. The second-order valence-corrected chi connectivity index (χ2v) is 6.39. The lowest BCUT2D eigenvalue weighted by molar-refractivity contribution is -0.564. The molecule has 4 heterocycles. The van der Waals surface area contributed by atoms with Gasteiger partial charge in [0, 0.05) is 24.2 Å². The van der Waals surface area contributed by atoms with Gasteiger partial charge in [-0.05, 0) is 41.4 Å². The molecule has 0 aromatic carbocycles. The summed E-state index contributed by atoms with van der Waals surface area (Å²) < 4.78 is 7.86. The quantitative estimate of drug-likeness (QED) is 0.610. The number of nitrogens with one attached hydrogen (secondary N) is 2. The molecule has 7 heteroatoms. The molecule has 0 spiro atoms. The SMILES string of the molecule is Nc1c(Br)c(C2CCCNC2)nc2c(-c3ccoc3)c[nH][n+]12. The van der Waals surface area contributed by atoms with Crippen LogP contribution in [0.1, 0.15) is 24.5 Å². The van der Waals surface area contributed by atoms with Gasteiger partial charge in [-0.25, -0.2) is 0 Å². The smallest absolute Gasteiger partial charge is 0.294 e. The third-order valence-corrected chi connectivity index (χ3v) is 5.04. The molecule has 1 aliphatic rings. The van der Waals surface area contributed by atoms with E-state index in [-0.39, 0.29) is 0 Å². The van der Waals surface area contributed by atoms with Crippen LogP contribution < -0.4 is 15.6 Å². The van der Waals surface area contributed by atoms with E-state index < -0.39 is 0 Å². The van der Waals surface area contributed by atoms with Crippen molar-refractivity contribution in [2.24, 2.45) is 0 Å². The van der Waals surface area contributed by atoms with Crippen molar-refractivity contribution in [3.05, 3.63) is 35.0 Å². The minimum atomic E-state index is 0.377. The number of nitrogen functional groups attached to an aromatic ring is 1. The molecule has 1 atom stereocenters. The molecule has 4 N–H and O–H groups in total. The van der Waals surface area contributed by atoms with Crippen molar-refractivity contribution < 1.29 is 8.93 Å². The summed E-state index contributed by atoms with van der Waals surface area (Å²) in [4.78, 5) is 4.90. The maximum atomic E-state index is 6.29. The number of rotatable bonds is 2. The minimum Gasteiger partial charge on any atom is -0.472 e. The van der Waals surface area contributed by atoms with Gasteiger partial charge in [0.1, 0.15) is 10.2 Å². The highest BCUT2D eigenvalue weighted by Gasteiger charge is 2.28. The zero-order valence-corrected chi connectivity index (χ0v) is 13.6. The molecule has 0 aliphatic carbocycles. The van der Waals surface area contributed by atoms with Gasteiger partial charge in [-0.15, -0.1) is 9.50 Å². The molecule has 22 heavy (non-hydrogen) atoms. The molecule has 1 saturated heterocycles. The van der Waals surface area contributed by atoms with Crippen LogP contribution in [0.2, 0.25) is 0 Å². The van der Waals surface area contributed by atoms with Crippen LogP contribution in [-0.4, -0.2) is 23.2 Å². The number of H-pyrrole nitrogens is 1. The number of nitrogens with two attached hydrogens (primary N) is 1. The second kappa shape index (κ2) is 5.40. The van der Waals surface area contributed by atoms with E-state index in [1.165, 1.54) is 0 Å². The van der Waals surface area contributed by atoms with Crippen molar-refractivity contribution in [1.82, 2.24) is 15.4 Å². The highest BCUT2D eigenvalue weighted by Crippen LogP contribution is 2.32. The van der Waals surface area contributed by atoms with Crippen molar-refractivity contribution in [3.8, 4) is 11.1 Å². The van der Waals surface area contributed by atoms with Gasteiger partial charge in [-0.1, -0.05) is 0 Å². The van der Waals surface area contributed by atoms with E-state index in [9.17, 15) is 0 Å². The molecule has 1 fully saturated rings. The normalized spacial score (nSPS) is 18.9. The highest BCUT2D eigenvalue weighted by atomic mass is 79.9. The van der Waals surface area contributed by atoms with E-state index in [0.717, 1.165) is 52.9 Å². The average molecular weight is 363 g/mol. The first-order chi connectivity index (χ1) is 10.8. The van der Waals surface area contributed by atoms with Crippen LogP contribution >= 0.6 is 15.9 Å². The van der Waals surface area contributed by atoms with Crippen LogP contribution in [-0.2, 0) is 0 Å².